The second kappa shape index (κ2) is 51.8. The molecule has 0 aromatic rings. The normalized spacial score (nSPS) is 13.7. The summed E-state index contributed by atoms with van der Waals surface area (Å²) in [7, 11) is -4.38. The third-order valence-electron chi connectivity index (χ3n) is 11.3. The monoisotopic (exact) mass is 946 g/mol. The van der Waals surface area contributed by atoms with Crippen LogP contribution in [0, 0.1) is 0 Å². The maximum absolute atomic E-state index is 12.6. The van der Waals surface area contributed by atoms with Crippen LogP contribution in [0.15, 0.2) is 72.9 Å². The molecule has 0 amide bonds. The topological polar surface area (TPSA) is 134 Å². The highest BCUT2D eigenvalue weighted by atomic mass is 31.2. The minimum Gasteiger partial charge on any atom is -0.462 e. The summed E-state index contributed by atoms with van der Waals surface area (Å²) in [4.78, 5) is 34.9. The van der Waals surface area contributed by atoms with Crippen LogP contribution in [-0.4, -0.2) is 49.3 Å². The quantitative estimate of drug-likeness (QED) is 0.0264. The van der Waals surface area contributed by atoms with Crippen molar-refractivity contribution in [3.8, 4) is 0 Å². The largest absolute Gasteiger partial charge is 0.472 e. The molecule has 2 atom stereocenters. The van der Waals surface area contributed by atoms with E-state index in [1.165, 1.54) is 109 Å². The number of ether oxygens (including phenoxy) is 2. The molecule has 3 N–H and O–H groups in total. The summed E-state index contributed by atoms with van der Waals surface area (Å²) >= 11 is 0. The molecule has 0 aliphatic rings. The number of phosphoric acid groups is 1. The van der Waals surface area contributed by atoms with Crippen molar-refractivity contribution in [1.82, 2.24) is 0 Å². The first kappa shape index (κ1) is 63.5. The standard InChI is InChI=1S/C56H100NO8P/c1-3-5-7-9-11-13-15-16-17-18-19-20-21-22-23-24-25-26-27-28-29-30-31-32-33-34-35-36-37-38-39-41-43-45-47-49-56(59)65-54(53-64-66(60,61)63-51-50-57)52-62-55(58)48-46-44-42-40-14-12-10-8-6-4-2/h5,7-8,10-11,13,16-17,19-20,22-23,54H,3-4,6,9,12,14-15,18,21,24-53,57H2,1-2H3,(H,60,61)/b7-5-,10-8-,13-11-,17-16-,20-19-,23-22-. The van der Waals surface area contributed by atoms with Crippen molar-refractivity contribution in [3.63, 3.8) is 0 Å². The predicted octanol–water partition coefficient (Wildman–Crippen LogP) is 16.6. The number of carbonyl (C=O) groups is 2. The molecule has 0 bridgehead atoms. The first-order valence-electron chi connectivity index (χ1n) is 26.9. The molecule has 382 valence electrons. The van der Waals surface area contributed by atoms with Crippen LogP contribution in [0.25, 0.3) is 0 Å². The van der Waals surface area contributed by atoms with Crippen molar-refractivity contribution in [2.45, 2.75) is 245 Å². The molecule has 0 aromatic carbocycles. The van der Waals surface area contributed by atoms with E-state index in [-0.39, 0.29) is 32.6 Å². The van der Waals surface area contributed by atoms with Gasteiger partial charge in [-0.15, -0.1) is 0 Å². The average molecular weight is 946 g/mol. The average Bonchev–Trinajstić information content (AvgIpc) is 3.31. The van der Waals surface area contributed by atoms with Gasteiger partial charge in [0.1, 0.15) is 6.61 Å². The minimum atomic E-state index is -4.38. The third kappa shape index (κ3) is 50.9. The molecule has 0 aliphatic heterocycles. The molecular weight excluding hydrogens is 846 g/mol. The van der Waals surface area contributed by atoms with Crippen LogP contribution in [0.2, 0.25) is 0 Å². The fourth-order valence-electron chi connectivity index (χ4n) is 7.37. The number of esters is 2. The molecule has 2 unspecified atom stereocenters. The molecular formula is C56H100NO8P. The Bertz CT molecular complexity index is 1310. The summed E-state index contributed by atoms with van der Waals surface area (Å²) in [6, 6.07) is 0. The lowest BCUT2D eigenvalue weighted by Crippen LogP contribution is -2.29. The van der Waals surface area contributed by atoms with Crippen LogP contribution < -0.4 is 5.73 Å². The molecule has 0 saturated heterocycles. The Morgan fingerprint density at radius 2 is 0.833 bits per heavy atom. The van der Waals surface area contributed by atoms with Gasteiger partial charge in [0.05, 0.1) is 13.2 Å². The number of rotatable bonds is 50. The molecule has 9 nitrogen and oxygen atoms in total. The highest BCUT2D eigenvalue weighted by molar-refractivity contribution is 7.47. The van der Waals surface area contributed by atoms with E-state index >= 15 is 0 Å². The second-order valence-corrected chi connectivity index (χ2v) is 19.2. The van der Waals surface area contributed by atoms with E-state index in [9.17, 15) is 19.0 Å². The zero-order valence-electron chi connectivity index (χ0n) is 42.4. The van der Waals surface area contributed by atoms with Gasteiger partial charge in [-0.3, -0.25) is 18.6 Å². The molecule has 0 heterocycles. The van der Waals surface area contributed by atoms with Crippen molar-refractivity contribution in [3.05, 3.63) is 72.9 Å². The van der Waals surface area contributed by atoms with Crippen molar-refractivity contribution in [2.24, 2.45) is 5.73 Å². The van der Waals surface area contributed by atoms with E-state index in [1.807, 2.05) is 0 Å². The van der Waals surface area contributed by atoms with Gasteiger partial charge < -0.3 is 20.1 Å². The van der Waals surface area contributed by atoms with Gasteiger partial charge in [-0.1, -0.05) is 222 Å². The van der Waals surface area contributed by atoms with Crippen molar-refractivity contribution >= 4 is 19.8 Å². The van der Waals surface area contributed by atoms with Crippen molar-refractivity contribution in [1.29, 1.82) is 0 Å². The van der Waals surface area contributed by atoms with Gasteiger partial charge >= 0.3 is 19.8 Å². The zero-order valence-corrected chi connectivity index (χ0v) is 43.3. The van der Waals surface area contributed by atoms with Crippen LogP contribution in [0.5, 0.6) is 0 Å². The number of allylic oxidation sites excluding steroid dienone is 12. The number of nitrogens with two attached hydrogens (primary N) is 1. The molecule has 10 heteroatoms. The van der Waals surface area contributed by atoms with Crippen LogP contribution in [0.4, 0.5) is 0 Å². The Balaban J connectivity index is 3.82. The highest BCUT2D eigenvalue weighted by Crippen LogP contribution is 2.43. The molecule has 66 heavy (non-hydrogen) atoms. The summed E-state index contributed by atoms with van der Waals surface area (Å²) in [6.07, 6.45) is 65.5. The SMILES string of the molecule is CC/C=C\C/C=C\C/C=C\C/C=C\C/C=C\CCCCCCCCCCCCCCCCCCCCCC(=O)OC(COC(=O)CCCCCCC/C=C\CCC)COP(=O)(O)OCCN. The van der Waals surface area contributed by atoms with Gasteiger partial charge in [-0.2, -0.15) is 0 Å². The lowest BCUT2D eigenvalue weighted by atomic mass is 10.0. The number of unbranched alkanes of at least 4 members (excludes halogenated alkanes) is 25. The zero-order chi connectivity index (χ0) is 48.1. The van der Waals surface area contributed by atoms with Gasteiger partial charge in [0, 0.05) is 19.4 Å². The van der Waals surface area contributed by atoms with E-state index in [2.05, 4.69) is 86.8 Å². The summed E-state index contributed by atoms with van der Waals surface area (Å²) in [5, 5.41) is 0. The van der Waals surface area contributed by atoms with E-state index in [1.54, 1.807) is 0 Å². The van der Waals surface area contributed by atoms with E-state index in [4.69, 9.17) is 24.3 Å². The van der Waals surface area contributed by atoms with E-state index < -0.39 is 32.5 Å². The molecule has 0 rings (SSSR count). The van der Waals surface area contributed by atoms with Crippen LogP contribution in [-0.2, 0) is 32.7 Å². The Labute approximate surface area is 405 Å². The molecule has 0 saturated carbocycles. The lowest BCUT2D eigenvalue weighted by molar-refractivity contribution is -0.161. The Morgan fingerprint density at radius 3 is 1.26 bits per heavy atom. The van der Waals surface area contributed by atoms with Gasteiger partial charge in [0.25, 0.3) is 0 Å². The summed E-state index contributed by atoms with van der Waals surface area (Å²) in [6.45, 7) is 3.56. The van der Waals surface area contributed by atoms with Crippen LogP contribution in [0.3, 0.4) is 0 Å². The van der Waals surface area contributed by atoms with Gasteiger partial charge in [0.2, 0.25) is 0 Å². The first-order chi connectivity index (χ1) is 32.3. The number of phosphoric ester groups is 1. The van der Waals surface area contributed by atoms with Gasteiger partial charge in [-0.25, -0.2) is 4.57 Å². The minimum absolute atomic E-state index is 0.0516. The summed E-state index contributed by atoms with van der Waals surface area (Å²) < 4.78 is 32.8. The molecule has 0 spiro atoms. The second-order valence-electron chi connectivity index (χ2n) is 17.7. The molecule has 0 fully saturated rings. The summed E-state index contributed by atoms with van der Waals surface area (Å²) in [5.41, 5.74) is 5.36. The highest BCUT2D eigenvalue weighted by Gasteiger charge is 2.26. The fraction of sp³-hybridized carbons (Fsp3) is 0.750. The lowest BCUT2D eigenvalue weighted by Gasteiger charge is -2.19. The number of hydrogen-bond acceptors (Lipinski definition) is 8. The van der Waals surface area contributed by atoms with Crippen LogP contribution >= 0.6 is 7.82 Å². The summed E-state index contributed by atoms with van der Waals surface area (Å²) in [5.74, 6) is -0.837. The molecule has 0 radical (unpaired) electrons. The van der Waals surface area contributed by atoms with Crippen molar-refractivity contribution < 1.29 is 37.6 Å². The third-order valence-corrected chi connectivity index (χ3v) is 12.3. The van der Waals surface area contributed by atoms with E-state index in [0.29, 0.717) is 6.42 Å². The molecule has 0 aliphatic carbocycles. The first-order valence-corrected chi connectivity index (χ1v) is 28.4. The maximum Gasteiger partial charge on any atom is 0.472 e. The number of carbonyl (C=O) groups excluding carboxylic acids is 2. The van der Waals surface area contributed by atoms with Gasteiger partial charge in [0.15, 0.2) is 6.10 Å². The van der Waals surface area contributed by atoms with Crippen molar-refractivity contribution in [2.75, 3.05) is 26.4 Å². The van der Waals surface area contributed by atoms with E-state index in [0.717, 1.165) is 96.3 Å². The molecule has 0 aromatic heterocycles. The predicted molar refractivity (Wildman–Crippen MR) is 279 cm³/mol. The smallest absolute Gasteiger partial charge is 0.462 e. The maximum atomic E-state index is 12.6. The van der Waals surface area contributed by atoms with Gasteiger partial charge in [-0.05, 0) is 77.0 Å². The van der Waals surface area contributed by atoms with Crippen LogP contribution in [0.1, 0.15) is 239 Å². The number of hydrogen-bond donors (Lipinski definition) is 2. The fourth-order valence-corrected chi connectivity index (χ4v) is 8.14. The Kier molecular flexibility index (Phi) is 49.8. The Hall–Kier alpha value is -2.55. The Morgan fingerprint density at radius 1 is 0.470 bits per heavy atom.